The van der Waals surface area contributed by atoms with E-state index in [1.54, 1.807) is 0 Å². The molecule has 6 nitrogen and oxygen atoms in total. The molecular weight excluding hydrogens is 390 g/mol. The Morgan fingerprint density at radius 1 is 1.04 bits per heavy atom. The molecule has 0 amide bonds. The number of hydrogen-bond donors (Lipinski definition) is 0. The zero-order valence-electron chi connectivity index (χ0n) is 15.7. The van der Waals surface area contributed by atoms with Crippen LogP contribution in [0.4, 0.5) is 8.78 Å². The zero-order valence-corrected chi connectivity index (χ0v) is 16.5. The van der Waals surface area contributed by atoms with Gasteiger partial charge in [0.05, 0.1) is 18.1 Å². The lowest BCUT2D eigenvalue weighted by molar-refractivity contribution is -0.0670. The molecule has 1 aliphatic carbocycles. The molecule has 28 heavy (non-hydrogen) atoms. The topological polar surface area (TPSA) is 59.1 Å². The van der Waals surface area contributed by atoms with Gasteiger partial charge in [-0.3, -0.25) is 4.90 Å². The summed E-state index contributed by atoms with van der Waals surface area (Å²) in [7, 11) is -3.61. The number of hydrogen-bond acceptors (Lipinski definition) is 5. The summed E-state index contributed by atoms with van der Waals surface area (Å²) in [6, 6.07) is 5.80. The third-order valence-electron chi connectivity index (χ3n) is 6.37. The first kappa shape index (κ1) is 20.0. The summed E-state index contributed by atoms with van der Waals surface area (Å²) < 4.78 is 61.4. The number of rotatable bonds is 5. The number of nitrogens with zero attached hydrogens (tertiary/aromatic N) is 2. The first-order valence-electron chi connectivity index (χ1n) is 9.75. The molecule has 156 valence electrons. The van der Waals surface area contributed by atoms with Gasteiger partial charge in [-0.2, -0.15) is 13.1 Å². The molecule has 9 heteroatoms. The van der Waals surface area contributed by atoms with E-state index in [9.17, 15) is 17.2 Å². The van der Waals surface area contributed by atoms with E-state index in [0.29, 0.717) is 19.1 Å². The summed E-state index contributed by atoms with van der Waals surface area (Å²) in [5.74, 6) is -0.0461. The minimum atomic E-state index is -3.61. The largest absolute Gasteiger partial charge is 0.435 e. The monoisotopic (exact) mass is 416 g/mol. The maximum absolute atomic E-state index is 12.9. The Labute approximate surface area is 164 Å². The van der Waals surface area contributed by atoms with E-state index in [4.69, 9.17) is 4.74 Å². The summed E-state index contributed by atoms with van der Waals surface area (Å²) in [4.78, 5) is 2.62. The van der Waals surface area contributed by atoms with Crippen LogP contribution in [-0.2, 0) is 14.8 Å². The predicted octanol–water partition coefficient (Wildman–Crippen LogP) is 2.55. The molecular formula is C19H26F2N2O4S. The molecule has 0 atom stereocenters. The fraction of sp³-hybridized carbons (Fsp3) is 0.684. The third-order valence-corrected chi connectivity index (χ3v) is 8.28. The summed E-state index contributed by atoms with van der Waals surface area (Å²) in [6.07, 6.45) is 4.03. The highest BCUT2D eigenvalue weighted by Gasteiger charge is 2.49. The maximum Gasteiger partial charge on any atom is 0.387 e. The van der Waals surface area contributed by atoms with Crippen LogP contribution < -0.4 is 4.74 Å². The second kappa shape index (κ2) is 7.85. The van der Waals surface area contributed by atoms with Gasteiger partial charge >= 0.3 is 6.61 Å². The van der Waals surface area contributed by atoms with Crippen LogP contribution in [0.25, 0.3) is 0 Å². The van der Waals surface area contributed by atoms with Crippen LogP contribution in [-0.4, -0.2) is 69.7 Å². The van der Waals surface area contributed by atoms with Crippen LogP contribution in [0.3, 0.4) is 0 Å². The third kappa shape index (κ3) is 4.03. The Bertz CT molecular complexity index is 766. The molecule has 0 bridgehead atoms. The molecule has 0 N–H and O–H groups in total. The average molecular weight is 416 g/mol. The van der Waals surface area contributed by atoms with Crippen molar-refractivity contribution in [2.24, 2.45) is 5.41 Å². The Kier molecular flexibility index (Phi) is 5.61. The number of halogens is 2. The summed E-state index contributed by atoms with van der Waals surface area (Å²) in [6.45, 7) is 1.68. The average Bonchev–Trinajstić information content (AvgIpc) is 2.67. The number of piperidine rings is 1. The second-order valence-corrected chi connectivity index (χ2v) is 9.90. The molecule has 3 aliphatic rings. The van der Waals surface area contributed by atoms with Crippen molar-refractivity contribution in [1.82, 2.24) is 9.21 Å². The van der Waals surface area contributed by atoms with E-state index in [1.165, 1.54) is 28.6 Å². The number of sulfonamides is 1. The van der Waals surface area contributed by atoms with Gasteiger partial charge in [-0.1, -0.05) is 0 Å². The lowest BCUT2D eigenvalue weighted by Gasteiger charge is -2.55. The molecule has 2 saturated heterocycles. The quantitative estimate of drug-likeness (QED) is 0.738. The molecule has 3 fully saturated rings. The number of ether oxygens (including phenoxy) is 2. The van der Waals surface area contributed by atoms with Gasteiger partial charge in [0.2, 0.25) is 10.0 Å². The minimum Gasteiger partial charge on any atom is -0.435 e. The molecule has 0 unspecified atom stereocenters. The van der Waals surface area contributed by atoms with Gasteiger partial charge in [-0.25, -0.2) is 8.42 Å². The molecule has 1 spiro atoms. The summed E-state index contributed by atoms with van der Waals surface area (Å²) >= 11 is 0. The van der Waals surface area contributed by atoms with Gasteiger partial charge in [0, 0.05) is 32.2 Å². The Morgan fingerprint density at radius 3 is 2.21 bits per heavy atom. The Hall–Kier alpha value is -1.29. The molecule has 1 aromatic carbocycles. The fourth-order valence-corrected chi connectivity index (χ4v) is 6.13. The van der Waals surface area contributed by atoms with Gasteiger partial charge in [0.25, 0.3) is 0 Å². The van der Waals surface area contributed by atoms with E-state index in [2.05, 4.69) is 9.64 Å². The number of alkyl halides is 2. The van der Waals surface area contributed by atoms with Crippen LogP contribution in [0, 0.1) is 5.41 Å². The maximum atomic E-state index is 12.9. The number of benzene rings is 1. The van der Waals surface area contributed by atoms with Gasteiger partial charge in [-0.15, -0.1) is 0 Å². The molecule has 4 rings (SSSR count). The highest BCUT2D eigenvalue weighted by atomic mass is 32.2. The highest BCUT2D eigenvalue weighted by Crippen LogP contribution is 2.51. The normalized spacial score (nSPS) is 24.4. The SMILES string of the molecule is O=S(=O)(c1ccc(OC(F)F)cc1)N1CCC2(CC1)CC(N1CCOCC1)C2. The second-order valence-electron chi connectivity index (χ2n) is 7.96. The van der Waals surface area contributed by atoms with E-state index < -0.39 is 16.6 Å². The van der Waals surface area contributed by atoms with E-state index in [-0.39, 0.29) is 16.1 Å². The smallest absolute Gasteiger partial charge is 0.387 e. The minimum absolute atomic E-state index is 0.0461. The van der Waals surface area contributed by atoms with Crippen LogP contribution >= 0.6 is 0 Å². The van der Waals surface area contributed by atoms with Crippen molar-refractivity contribution in [3.8, 4) is 5.75 Å². The van der Waals surface area contributed by atoms with Crippen molar-refractivity contribution in [2.45, 2.75) is 43.2 Å². The Morgan fingerprint density at radius 2 is 1.64 bits per heavy atom. The van der Waals surface area contributed by atoms with Crippen molar-refractivity contribution in [3.05, 3.63) is 24.3 Å². The van der Waals surface area contributed by atoms with Gasteiger partial charge in [0.15, 0.2) is 0 Å². The lowest BCUT2D eigenvalue weighted by atomic mass is 9.60. The van der Waals surface area contributed by atoms with Crippen molar-refractivity contribution in [3.63, 3.8) is 0 Å². The van der Waals surface area contributed by atoms with Crippen LogP contribution in [0.2, 0.25) is 0 Å². The molecule has 2 heterocycles. The van der Waals surface area contributed by atoms with E-state index in [1.807, 2.05) is 0 Å². The first-order valence-corrected chi connectivity index (χ1v) is 11.2. The highest BCUT2D eigenvalue weighted by molar-refractivity contribution is 7.89. The van der Waals surface area contributed by atoms with Gasteiger partial charge < -0.3 is 9.47 Å². The van der Waals surface area contributed by atoms with Gasteiger partial charge in [0.1, 0.15) is 5.75 Å². The molecule has 1 aromatic rings. The Balaban J connectivity index is 1.33. The first-order chi connectivity index (χ1) is 13.4. The van der Waals surface area contributed by atoms with E-state index in [0.717, 1.165) is 52.0 Å². The lowest BCUT2D eigenvalue weighted by Crippen LogP contribution is -2.57. The summed E-state index contributed by atoms with van der Waals surface area (Å²) in [5, 5.41) is 0. The summed E-state index contributed by atoms with van der Waals surface area (Å²) in [5.41, 5.74) is 0.268. The van der Waals surface area contributed by atoms with E-state index >= 15 is 0 Å². The fourth-order valence-electron chi connectivity index (χ4n) is 4.69. The van der Waals surface area contributed by atoms with Crippen LogP contribution in [0.5, 0.6) is 5.75 Å². The van der Waals surface area contributed by atoms with Crippen LogP contribution in [0.15, 0.2) is 29.2 Å². The molecule has 2 aliphatic heterocycles. The van der Waals surface area contributed by atoms with Crippen molar-refractivity contribution < 1.29 is 26.7 Å². The van der Waals surface area contributed by atoms with Crippen molar-refractivity contribution in [2.75, 3.05) is 39.4 Å². The van der Waals surface area contributed by atoms with Crippen molar-refractivity contribution in [1.29, 1.82) is 0 Å². The van der Waals surface area contributed by atoms with Crippen LogP contribution in [0.1, 0.15) is 25.7 Å². The standard InChI is InChI=1S/C19H26F2N2O4S/c20-18(21)27-16-1-3-17(4-2-16)28(24,25)23-7-5-19(6-8-23)13-15(14-19)22-9-11-26-12-10-22/h1-4,15,18H,5-14H2. The number of morpholine rings is 1. The molecule has 0 aromatic heterocycles. The van der Waals surface area contributed by atoms with Gasteiger partial charge in [-0.05, 0) is 55.4 Å². The predicted molar refractivity (Wildman–Crippen MR) is 98.9 cm³/mol. The van der Waals surface area contributed by atoms with Crippen molar-refractivity contribution >= 4 is 10.0 Å². The zero-order chi connectivity index (χ0) is 19.8. The molecule has 0 radical (unpaired) electrons. The molecule has 1 saturated carbocycles.